The van der Waals surface area contributed by atoms with Crippen LogP contribution in [0.1, 0.15) is 22.8 Å². The van der Waals surface area contributed by atoms with Crippen LogP contribution < -0.4 is 0 Å². The normalized spacial score (nSPS) is 12.7. The topological polar surface area (TPSA) is 23.5 Å². The van der Waals surface area contributed by atoms with Gasteiger partial charge in [-0.15, -0.1) is 0 Å². The zero-order chi connectivity index (χ0) is 14.5. The van der Waals surface area contributed by atoms with Crippen LogP contribution in [0.5, 0.6) is 0 Å². The summed E-state index contributed by atoms with van der Waals surface area (Å²) in [5, 5.41) is 10.9. The fourth-order valence-corrected chi connectivity index (χ4v) is 2.62. The Labute approximate surface area is 125 Å². The summed E-state index contributed by atoms with van der Waals surface area (Å²) < 4.78 is 0. The maximum atomic E-state index is 10.3. The summed E-state index contributed by atoms with van der Waals surface area (Å²) in [5.41, 5.74) is 3.12. The van der Waals surface area contributed by atoms with Gasteiger partial charge >= 0.3 is 0 Å². The molecular weight excluding hydrogens is 270 g/mol. The predicted octanol–water partition coefficient (Wildman–Crippen LogP) is 3.81. The SMILES string of the molecule is Cc1ccc(C(O)CN(C)Cc2ccccc2)c(Cl)c1. The molecule has 0 fully saturated rings. The molecule has 2 rings (SSSR count). The molecule has 1 unspecified atom stereocenters. The minimum Gasteiger partial charge on any atom is -0.387 e. The smallest absolute Gasteiger partial charge is 0.0931 e. The van der Waals surface area contributed by atoms with Gasteiger partial charge in [0.2, 0.25) is 0 Å². The molecule has 0 bridgehead atoms. The lowest BCUT2D eigenvalue weighted by Gasteiger charge is -2.21. The number of hydrogen-bond donors (Lipinski definition) is 1. The summed E-state index contributed by atoms with van der Waals surface area (Å²) in [6.45, 7) is 3.35. The van der Waals surface area contributed by atoms with Gasteiger partial charge in [0, 0.05) is 23.7 Å². The number of nitrogens with zero attached hydrogens (tertiary/aromatic N) is 1. The number of hydrogen-bond acceptors (Lipinski definition) is 2. The summed E-state index contributed by atoms with van der Waals surface area (Å²) in [6, 6.07) is 16.0. The summed E-state index contributed by atoms with van der Waals surface area (Å²) in [5.74, 6) is 0. The van der Waals surface area contributed by atoms with E-state index in [0.717, 1.165) is 17.7 Å². The number of aliphatic hydroxyl groups is 1. The molecule has 1 N–H and O–H groups in total. The predicted molar refractivity (Wildman–Crippen MR) is 83.9 cm³/mol. The van der Waals surface area contributed by atoms with Crippen molar-refractivity contribution in [3.63, 3.8) is 0 Å². The summed E-state index contributed by atoms with van der Waals surface area (Å²) in [4.78, 5) is 2.09. The average molecular weight is 290 g/mol. The van der Waals surface area contributed by atoms with E-state index in [4.69, 9.17) is 11.6 Å². The fraction of sp³-hybridized carbons (Fsp3) is 0.294. The van der Waals surface area contributed by atoms with Crippen LogP contribution in [-0.4, -0.2) is 23.6 Å². The lowest BCUT2D eigenvalue weighted by molar-refractivity contribution is 0.124. The molecular formula is C17H20ClNO. The van der Waals surface area contributed by atoms with E-state index in [1.54, 1.807) is 0 Å². The van der Waals surface area contributed by atoms with Crippen molar-refractivity contribution in [2.45, 2.75) is 19.6 Å². The van der Waals surface area contributed by atoms with Gasteiger partial charge in [-0.2, -0.15) is 0 Å². The molecule has 0 aliphatic heterocycles. The first-order chi connectivity index (χ1) is 9.56. The minimum absolute atomic E-state index is 0.553. The second-order valence-corrected chi connectivity index (χ2v) is 5.63. The number of aliphatic hydroxyl groups excluding tert-OH is 1. The molecule has 2 aromatic rings. The van der Waals surface area contributed by atoms with Crippen LogP contribution in [0.4, 0.5) is 0 Å². The summed E-state index contributed by atoms with van der Waals surface area (Å²) >= 11 is 6.19. The Hall–Kier alpha value is -1.35. The molecule has 2 aromatic carbocycles. The Kier molecular flexibility index (Phi) is 5.18. The van der Waals surface area contributed by atoms with Gasteiger partial charge in [-0.3, -0.25) is 4.90 Å². The Morgan fingerprint density at radius 3 is 2.50 bits per heavy atom. The van der Waals surface area contributed by atoms with Gasteiger partial charge in [-0.05, 0) is 31.2 Å². The zero-order valence-electron chi connectivity index (χ0n) is 11.9. The van der Waals surface area contributed by atoms with E-state index in [-0.39, 0.29) is 0 Å². The van der Waals surface area contributed by atoms with Gasteiger partial charge < -0.3 is 5.11 Å². The standard InChI is InChI=1S/C17H20ClNO/c1-13-8-9-15(16(18)10-13)17(20)12-19(2)11-14-6-4-3-5-7-14/h3-10,17,20H,11-12H2,1-2H3. The number of halogens is 1. The molecule has 0 spiro atoms. The minimum atomic E-state index is -0.572. The largest absolute Gasteiger partial charge is 0.387 e. The van der Waals surface area contributed by atoms with Crippen LogP contribution in [0.2, 0.25) is 5.02 Å². The molecule has 0 saturated carbocycles. The Morgan fingerprint density at radius 2 is 1.85 bits per heavy atom. The van der Waals surface area contributed by atoms with Gasteiger partial charge in [0.1, 0.15) is 0 Å². The van der Waals surface area contributed by atoms with E-state index in [0.29, 0.717) is 11.6 Å². The van der Waals surface area contributed by atoms with Crippen LogP contribution in [0.3, 0.4) is 0 Å². The van der Waals surface area contributed by atoms with Gasteiger partial charge in [-0.1, -0.05) is 54.1 Å². The molecule has 20 heavy (non-hydrogen) atoms. The van der Waals surface area contributed by atoms with E-state index in [1.807, 2.05) is 50.4 Å². The fourth-order valence-electron chi connectivity index (χ4n) is 2.26. The monoisotopic (exact) mass is 289 g/mol. The second kappa shape index (κ2) is 6.89. The Morgan fingerprint density at radius 1 is 1.15 bits per heavy atom. The highest BCUT2D eigenvalue weighted by atomic mass is 35.5. The van der Waals surface area contributed by atoms with Gasteiger partial charge in [-0.25, -0.2) is 0 Å². The molecule has 2 nitrogen and oxygen atoms in total. The molecule has 0 saturated heterocycles. The van der Waals surface area contributed by atoms with Crippen molar-refractivity contribution < 1.29 is 5.11 Å². The number of likely N-dealkylation sites (N-methyl/N-ethyl adjacent to an activating group) is 1. The zero-order valence-corrected chi connectivity index (χ0v) is 12.6. The maximum absolute atomic E-state index is 10.3. The maximum Gasteiger partial charge on any atom is 0.0931 e. The van der Waals surface area contributed by atoms with Crippen LogP contribution in [0, 0.1) is 6.92 Å². The lowest BCUT2D eigenvalue weighted by Crippen LogP contribution is -2.24. The third kappa shape index (κ3) is 4.07. The molecule has 1 atom stereocenters. The molecule has 0 aliphatic carbocycles. The molecule has 106 valence electrons. The second-order valence-electron chi connectivity index (χ2n) is 5.22. The molecule has 3 heteroatoms. The van der Waals surface area contributed by atoms with E-state index < -0.39 is 6.10 Å². The van der Waals surface area contributed by atoms with Crippen LogP contribution in [-0.2, 0) is 6.54 Å². The first kappa shape index (κ1) is 15.0. The number of rotatable bonds is 5. The highest BCUT2D eigenvalue weighted by Crippen LogP contribution is 2.24. The lowest BCUT2D eigenvalue weighted by atomic mass is 10.1. The molecule has 0 heterocycles. The quantitative estimate of drug-likeness (QED) is 0.905. The molecule has 0 amide bonds. The van der Waals surface area contributed by atoms with Crippen molar-refractivity contribution in [1.82, 2.24) is 4.90 Å². The molecule has 0 radical (unpaired) electrons. The van der Waals surface area contributed by atoms with Crippen molar-refractivity contribution in [1.29, 1.82) is 0 Å². The molecule has 0 aliphatic rings. The Balaban J connectivity index is 1.98. The number of benzene rings is 2. The summed E-state index contributed by atoms with van der Waals surface area (Å²) in [6.07, 6.45) is -0.572. The third-order valence-electron chi connectivity index (χ3n) is 3.29. The van der Waals surface area contributed by atoms with Crippen LogP contribution in [0.25, 0.3) is 0 Å². The van der Waals surface area contributed by atoms with Gasteiger partial charge in [0.05, 0.1) is 6.10 Å². The van der Waals surface area contributed by atoms with E-state index in [9.17, 15) is 5.11 Å². The number of aryl methyl sites for hydroxylation is 1. The highest BCUT2D eigenvalue weighted by Gasteiger charge is 2.14. The van der Waals surface area contributed by atoms with Gasteiger partial charge in [0.25, 0.3) is 0 Å². The van der Waals surface area contributed by atoms with Crippen molar-refractivity contribution >= 4 is 11.6 Å². The first-order valence-corrected chi connectivity index (χ1v) is 7.10. The first-order valence-electron chi connectivity index (χ1n) is 6.73. The Bertz CT molecular complexity index is 556. The van der Waals surface area contributed by atoms with Crippen molar-refractivity contribution in [2.75, 3.05) is 13.6 Å². The van der Waals surface area contributed by atoms with E-state index in [2.05, 4.69) is 17.0 Å². The van der Waals surface area contributed by atoms with Crippen LogP contribution >= 0.6 is 11.6 Å². The van der Waals surface area contributed by atoms with E-state index >= 15 is 0 Å². The van der Waals surface area contributed by atoms with Crippen molar-refractivity contribution in [3.8, 4) is 0 Å². The third-order valence-corrected chi connectivity index (χ3v) is 3.62. The highest BCUT2D eigenvalue weighted by molar-refractivity contribution is 6.31. The van der Waals surface area contributed by atoms with Crippen molar-refractivity contribution in [2.24, 2.45) is 0 Å². The van der Waals surface area contributed by atoms with Crippen molar-refractivity contribution in [3.05, 3.63) is 70.2 Å². The van der Waals surface area contributed by atoms with Gasteiger partial charge in [0.15, 0.2) is 0 Å². The average Bonchev–Trinajstić information content (AvgIpc) is 2.39. The summed E-state index contributed by atoms with van der Waals surface area (Å²) in [7, 11) is 2.00. The van der Waals surface area contributed by atoms with E-state index in [1.165, 1.54) is 5.56 Å². The molecule has 0 aromatic heterocycles. The van der Waals surface area contributed by atoms with Crippen LogP contribution in [0.15, 0.2) is 48.5 Å².